The van der Waals surface area contributed by atoms with Gasteiger partial charge in [0.15, 0.2) is 0 Å². The van der Waals surface area contributed by atoms with Crippen molar-refractivity contribution in [1.82, 2.24) is 5.32 Å². The fourth-order valence-corrected chi connectivity index (χ4v) is 1.13. The minimum Gasteiger partial charge on any atom is -0.476 e. The molecule has 0 saturated heterocycles. The maximum atomic E-state index is 9.93. The summed E-state index contributed by atoms with van der Waals surface area (Å²) in [6, 6.07) is 9.49. The van der Waals surface area contributed by atoms with E-state index in [0.717, 1.165) is 5.56 Å². The Balaban J connectivity index is 0.000000399. The maximum absolute atomic E-state index is 9.93. The number of rotatable bonds is 6. The van der Waals surface area contributed by atoms with Crippen molar-refractivity contribution in [2.45, 2.75) is 26.0 Å². The average Bonchev–Trinajstić information content (AvgIpc) is 2.39. The summed E-state index contributed by atoms with van der Waals surface area (Å²) in [6.45, 7) is 1.51. The van der Waals surface area contributed by atoms with Crippen molar-refractivity contribution in [2.24, 2.45) is 0 Å². The number of carboxylic acid groups (broad SMARTS) is 1. The molecule has 1 unspecified atom stereocenters. The molecule has 0 saturated carbocycles. The van der Waals surface area contributed by atoms with Crippen LogP contribution < -0.4 is 5.32 Å². The Hall–Kier alpha value is -2.21. The number of hydrogen-bond donors (Lipinski definition) is 3. The van der Waals surface area contributed by atoms with Crippen molar-refractivity contribution in [2.75, 3.05) is 0 Å². The zero-order valence-electron chi connectivity index (χ0n) is 10.6. The van der Waals surface area contributed by atoms with Gasteiger partial charge in [-0.05, 0) is 5.56 Å². The van der Waals surface area contributed by atoms with E-state index >= 15 is 0 Å². The molecular weight excluding hydrogens is 250 g/mol. The fourth-order valence-electron chi connectivity index (χ4n) is 1.13. The highest BCUT2D eigenvalue weighted by Crippen LogP contribution is 2.00. The number of amides is 1. The van der Waals surface area contributed by atoms with E-state index in [2.05, 4.69) is 5.32 Å². The average molecular weight is 267 g/mol. The Labute approximate surface area is 111 Å². The van der Waals surface area contributed by atoms with Crippen molar-refractivity contribution in [1.29, 1.82) is 0 Å². The lowest BCUT2D eigenvalue weighted by atomic mass is 10.1. The number of ketones is 1. The SMILES string of the molecule is CCC(=O)C(=O)O.O=CNC(O)Cc1ccccc1. The third-order valence-electron chi connectivity index (χ3n) is 2.09. The van der Waals surface area contributed by atoms with Gasteiger partial charge in [-0.3, -0.25) is 9.59 Å². The molecule has 1 amide bonds. The van der Waals surface area contributed by atoms with Crippen molar-refractivity contribution < 1.29 is 24.6 Å². The molecule has 1 aromatic carbocycles. The van der Waals surface area contributed by atoms with Gasteiger partial charge in [0.2, 0.25) is 12.2 Å². The van der Waals surface area contributed by atoms with E-state index in [-0.39, 0.29) is 6.42 Å². The van der Waals surface area contributed by atoms with Crippen LogP contribution in [0.3, 0.4) is 0 Å². The molecular formula is C13H17NO5. The number of carbonyl (C=O) groups excluding carboxylic acids is 2. The van der Waals surface area contributed by atoms with Crippen LogP contribution in [0.1, 0.15) is 18.9 Å². The van der Waals surface area contributed by atoms with Crippen molar-refractivity contribution in [3.8, 4) is 0 Å². The lowest BCUT2D eigenvalue weighted by Crippen LogP contribution is -2.29. The molecule has 104 valence electrons. The summed E-state index contributed by atoms with van der Waals surface area (Å²) in [7, 11) is 0. The second-order valence-corrected chi connectivity index (χ2v) is 3.57. The lowest BCUT2D eigenvalue weighted by molar-refractivity contribution is -0.148. The van der Waals surface area contributed by atoms with Crippen molar-refractivity contribution in [3.05, 3.63) is 35.9 Å². The Bertz CT molecular complexity index is 405. The third-order valence-corrected chi connectivity index (χ3v) is 2.09. The number of aliphatic carboxylic acids is 1. The van der Waals surface area contributed by atoms with E-state index in [9.17, 15) is 14.4 Å². The quantitative estimate of drug-likeness (QED) is 0.392. The van der Waals surface area contributed by atoms with Crippen LogP contribution in [-0.2, 0) is 20.8 Å². The van der Waals surface area contributed by atoms with E-state index in [1.54, 1.807) is 0 Å². The minimum atomic E-state index is -1.34. The number of benzene rings is 1. The minimum absolute atomic E-state index is 0.0787. The highest BCUT2D eigenvalue weighted by molar-refractivity contribution is 6.32. The molecule has 6 heteroatoms. The largest absolute Gasteiger partial charge is 0.476 e. The summed E-state index contributed by atoms with van der Waals surface area (Å²) in [5, 5.41) is 19.3. The number of carboxylic acids is 1. The van der Waals surface area contributed by atoms with E-state index in [4.69, 9.17) is 10.2 Å². The molecule has 19 heavy (non-hydrogen) atoms. The van der Waals surface area contributed by atoms with Gasteiger partial charge in [0.1, 0.15) is 6.23 Å². The van der Waals surface area contributed by atoms with Crippen LogP contribution in [-0.4, -0.2) is 34.6 Å². The molecule has 0 heterocycles. The number of aliphatic hydroxyl groups excluding tert-OH is 1. The molecule has 3 N–H and O–H groups in total. The van der Waals surface area contributed by atoms with Gasteiger partial charge < -0.3 is 15.5 Å². The normalized spacial score (nSPS) is 10.6. The van der Waals surface area contributed by atoms with Crippen LogP contribution in [0.2, 0.25) is 0 Å². The summed E-state index contributed by atoms with van der Waals surface area (Å²) in [5.41, 5.74) is 0.999. The van der Waals surface area contributed by atoms with Crippen LogP contribution >= 0.6 is 0 Å². The van der Waals surface area contributed by atoms with Gasteiger partial charge >= 0.3 is 5.97 Å². The van der Waals surface area contributed by atoms with E-state index in [1.165, 1.54) is 6.92 Å². The summed E-state index contributed by atoms with van der Waals surface area (Å²) in [5.74, 6) is -2.08. The monoisotopic (exact) mass is 267 g/mol. The Morgan fingerprint density at radius 2 is 1.89 bits per heavy atom. The van der Waals surface area contributed by atoms with Gasteiger partial charge in [-0.2, -0.15) is 0 Å². The van der Waals surface area contributed by atoms with Crippen LogP contribution in [0.15, 0.2) is 30.3 Å². The first-order valence-electron chi connectivity index (χ1n) is 5.69. The molecule has 0 aliphatic rings. The molecule has 1 aromatic rings. The molecule has 0 spiro atoms. The standard InChI is InChI=1S/C9H11NO2.C4H6O3/c11-7-10-9(12)6-8-4-2-1-3-5-8;1-2-3(5)4(6)7/h1-5,7,9,12H,6H2,(H,10,11);2H2,1H3,(H,6,7). The van der Waals surface area contributed by atoms with Gasteiger partial charge in [0.05, 0.1) is 0 Å². The fraction of sp³-hybridized carbons (Fsp3) is 0.308. The van der Waals surface area contributed by atoms with Crippen LogP contribution in [0.5, 0.6) is 0 Å². The molecule has 0 fully saturated rings. The highest BCUT2D eigenvalue weighted by Gasteiger charge is 2.05. The first kappa shape index (κ1) is 16.8. The van der Waals surface area contributed by atoms with Gasteiger partial charge in [0, 0.05) is 12.8 Å². The Kier molecular flexibility index (Phi) is 8.64. The van der Waals surface area contributed by atoms with E-state index in [0.29, 0.717) is 12.8 Å². The van der Waals surface area contributed by atoms with Crippen molar-refractivity contribution >= 4 is 18.2 Å². The van der Waals surface area contributed by atoms with Crippen LogP contribution in [0.4, 0.5) is 0 Å². The molecule has 0 bridgehead atoms. The van der Waals surface area contributed by atoms with Gasteiger partial charge in [-0.15, -0.1) is 0 Å². The smallest absolute Gasteiger partial charge is 0.372 e. The Morgan fingerprint density at radius 3 is 2.26 bits per heavy atom. The molecule has 0 aromatic heterocycles. The summed E-state index contributed by atoms with van der Waals surface area (Å²) >= 11 is 0. The molecule has 1 atom stereocenters. The number of Topliss-reactive ketones (excluding diaryl/α,β-unsaturated/α-hetero) is 1. The topological polar surface area (TPSA) is 104 Å². The molecule has 0 aliphatic carbocycles. The lowest BCUT2D eigenvalue weighted by Gasteiger charge is -2.07. The number of aliphatic hydroxyl groups is 1. The van der Waals surface area contributed by atoms with Crippen LogP contribution in [0.25, 0.3) is 0 Å². The Morgan fingerprint density at radius 1 is 1.32 bits per heavy atom. The first-order chi connectivity index (χ1) is 9.01. The number of hydrogen-bond acceptors (Lipinski definition) is 4. The molecule has 0 radical (unpaired) electrons. The summed E-state index contributed by atoms with van der Waals surface area (Å²) in [6.07, 6.45) is 0.229. The van der Waals surface area contributed by atoms with Gasteiger partial charge in [-0.25, -0.2) is 4.79 Å². The van der Waals surface area contributed by atoms with Gasteiger partial charge in [-0.1, -0.05) is 37.3 Å². The molecule has 1 rings (SSSR count). The first-order valence-corrected chi connectivity index (χ1v) is 5.69. The van der Waals surface area contributed by atoms with Crippen molar-refractivity contribution in [3.63, 3.8) is 0 Å². The summed E-state index contributed by atoms with van der Waals surface area (Å²) < 4.78 is 0. The predicted molar refractivity (Wildman–Crippen MR) is 68.3 cm³/mol. The number of nitrogens with one attached hydrogen (secondary N) is 1. The zero-order chi connectivity index (χ0) is 14.7. The second kappa shape index (κ2) is 9.78. The zero-order valence-corrected chi connectivity index (χ0v) is 10.6. The molecule has 0 aliphatic heterocycles. The third kappa shape index (κ3) is 8.50. The van der Waals surface area contributed by atoms with E-state index < -0.39 is 18.0 Å². The summed E-state index contributed by atoms with van der Waals surface area (Å²) in [4.78, 5) is 29.4. The second-order valence-electron chi connectivity index (χ2n) is 3.57. The highest BCUT2D eigenvalue weighted by atomic mass is 16.4. The molecule has 6 nitrogen and oxygen atoms in total. The van der Waals surface area contributed by atoms with Gasteiger partial charge in [0.25, 0.3) is 0 Å². The van der Waals surface area contributed by atoms with Crippen LogP contribution in [0, 0.1) is 0 Å². The van der Waals surface area contributed by atoms with E-state index in [1.807, 2.05) is 30.3 Å². The maximum Gasteiger partial charge on any atom is 0.372 e. The number of carbonyl (C=O) groups is 3. The predicted octanol–water partition coefficient (Wildman–Crippen LogP) is 0.344.